The quantitative estimate of drug-likeness (QED) is 0.830. The van der Waals surface area contributed by atoms with Crippen molar-refractivity contribution >= 4 is 5.91 Å². The minimum Gasteiger partial charge on any atom is -0.384 e. The number of rotatable bonds is 4. The Morgan fingerprint density at radius 1 is 1.48 bits per heavy atom. The van der Waals surface area contributed by atoms with Crippen molar-refractivity contribution in [2.45, 2.75) is 38.3 Å². The van der Waals surface area contributed by atoms with Gasteiger partial charge in [-0.15, -0.1) is 0 Å². The van der Waals surface area contributed by atoms with Crippen LogP contribution in [0, 0.1) is 11.8 Å². The van der Waals surface area contributed by atoms with Crippen molar-refractivity contribution in [3.05, 3.63) is 35.4 Å². The SMILES string of the molecule is CC(NC(=O)CC1CCCO1)c1ccc(C#CCO)cc1. The molecule has 21 heavy (non-hydrogen) atoms. The van der Waals surface area contributed by atoms with Crippen LogP contribution < -0.4 is 5.32 Å². The average Bonchev–Trinajstić information content (AvgIpc) is 2.98. The predicted octanol–water partition coefficient (Wildman–Crippen LogP) is 1.78. The van der Waals surface area contributed by atoms with Gasteiger partial charge in [-0.3, -0.25) is 4.79 Å². The number of carbonyl (C=O) groups is 1. The number of amides is 1. The molecule has 2 rings (SSSR count). The van der Waals surface area contributed by atoms with Gasteiger partial charge >= 0.3 is 0 Å². The van der Waals surface area contributed by atoms with Gasteiger partial charge in [0.2, 0.25) is 5.91 Å². The first kappa shape index (κ1) is 15.6. The first-order valence-electron chi connectivity index (χ1n) is 7.29. The van der Waals surface area contributed by atoms with E-state index in [1.54, 1.807) is 0 Å². The second kappa shape index (κ2) is 7.82. The van der Waals surface area contributed by atoms with Crippen molar-refractivity contribution in [1.82, 2.24) is 5.32 Å². The van der Waals surface area contributed by atoms with Gasteiger partial charge in [-0.1, -0.05) is 24.0 Å². The zero-order valence-electron chi connectivity index (χ0n) is 12.3. The first-order valence-corrected chi connectivity index (χ1v) is 7.29. The lowest BCUT2D eigenvalue weighted by molar-refractivity contribution is -0.123. The second-order valence-corrected chi connectivity index (χ2v) is 5.21. The summed E-state index contributed by atoms with van der Waals surface area (Å²) in [7, 11) is 0. The Hall–Kier alpha value is -1.83. The minimum atomic E-state index is -0.141. The molecule has 4 heteroatoms. The summed E-state index contributed by atoms with van der Waals surface area (Å²) in [5, 5.41) is 11.6. The molecule has 1 aromatic rings. The van der Waals surface area contributed by atoms with Crippen LogP contribution in [-0.2, 0) is 9.53 Å². The highest BCUT2D eigenvalue weighted by Crippen LogP contribution is 2.17. The molecular weight excluding hydrogens is 266 g/mol. The molecule has 2 unspecified atom stereocenters. The molecule has 1 fully saturated rings. The van der Waals surface area contributed by atoms with Crippen LogP contribution in [0.5, 0.6) is 0 Å². The maximum atomic E-state index is 11.9. The van der Waals surface area contributed by atoms with Gasteiger partial charge in [0, 0.05) is 12.2 Å². The normalized spacial score (nSPS) is 18.7. The number of ether oxygens (including phenoxy) is 1. The van der Waals surface area contributed by atoms with Crippen molar-refractivity contribution in [3.8, 4) is 11.8 Å². The Bertz CT molecular complexity index is 521. The number of aliphatic hydroxyl groups is 1. The van der Waals surface area contributed by atoms with Crippen LogP contribution >= 0.6 is 0 Å². The van der Waals surface area contributed by atoms with E-state index < -0.39 is 0 Å². The van der Waals surface area contributed by atoms with Crippen LogP contribution in [0.3, 0.4) is 0 Å². The van der Waals surface area contributed by atoms with Crippen molar-refractivity contribution in [1.29, 1.82) is 0 Å². The third-order valence-corrected chi connectivity index (χ3v) is 3.54. The van der Waals surface area contributed by atoms with Crippen LogP contribution in [0.15, 0.2) is 24.3 Å². The van der Waals surface area contributed by atoms with E-state index in [-0.39, 0.29) is 24.7 Å². The van der Waals surface area contributed by atoms with Crippen molar-refractivity contribution in [3.63, 3.8) is 0 Å². The molecule has 2 atom stereocenters. The molecule has 4 nitrogen and oxygen atoms in total. The van der Waals surface area contributed by atoms with E-state index in [1.807, 2.05) is 31.2 Å². The summed E-state index contributed by atoms with van der Waals surface area (Å²) in [6, 6.07) is 7.62. The summed E-state index contributed by atoms with van der Waals surface area (Å²) in [4.78, 5) is 11.9. The summed E-state index contributed by atoms with van der Waals surface area (Å²) < 4.78 is 5.47. The van der Waals surface area contributed by atoms with Gasteiger partial charge in [-0.25, -0.2) is 0 Å². The van der Waals surface area contributed by atoms with Crippen molar-refractivity contribution in [2.24, 2.45) is 0 Å². The highest BCUT2D eigenvalue weighted by molar-refractivity contribution is 5.77. The Morgan fingerprint density at radius 2 is 2.24 bits per heavy atom. The maximum absolute atomic E-state index is 11.9. The smallest absolute Gasteiger partial charge is 0.223 e. The Kier molecular flexibility index (Phi) is 5.79. The molecule has 0 bridgehead atoms. The summed E-state index contributed by atoms with van der Waals surface area (Å²) in [6.07, 6.45) is 2.53. The van der Waals surface area contributed by atoms with Crippen molar-refractivity contribution in [2.75, 3.05) is 13.2 Å². The van der Waals surface area contributed by atoms with E-state index in [0.29, 0.717) is 6.42 Å². The molecule has 2 N–H and O–H groups in total. The molecule has 0 aliphatic carbocycles. The van der Waals surface area contributed by atoms with Crippen LogP contribution in [0.2, 0.25) is 0 Å². The van der Waals surface area contributed by atoms with Gasteiger partial charge in [0.05, 0.1) is 18.6 Å². The van der Waals surface area contributed by atoms with E-state index in [1.165, 1.54) is 0 Å². The van der Waals surface area contributed by atoms with E-state index in [4.69, 9.17) is 9.84 Å². The number of benzene rings is 1. The van der Waals surface area contributed by atoms with E-state index in [2.05, 4.69) is 17.2 Å². The zero-order valence-corrected chi connectivity index (χ0v) is 12.3. The highest BCUT2D eigenvalue weighted by atomic mass is 16.5. The number of carbonyl (C=O) groups excluding carboxylic acids is 1. The van der Waals surface area contributed by atoms with Gasteiger partial charge in [-0.2, -0.15) is 0 Å². The molecule has 0 saturated carbocycles. The summed E-state index contributed by atoms with van der Waals surface area (Å²) in [5.74, 6) is 5.48. The Balaban J connectivity index is 1.87. The molecule has 1 heterocycles. The van der Waals surface area contributed by atoms with E-state index in [9.17, 15) is 4.79 Å². The molecule has 1 aromatic carbocycles. The molecule has 1 amide bonds. The van der Waals surface area contributed by atoms with Gasteiger partial charge in [0.1, 0.15) is 6.61 Å². The van der Waals surface area contributed by atoms with E-state index >= 15 is 0 Å². The topological polar surface area (TPSA) is 58.6 Å². The average molecular weight is 287 g/mol. The van der Waals surface area contributed by atoms with Crippen LogP contribution in [-0.4, -0.2) is 30.3 Å². The molecule has 1 saturated heterocycles. The molecule has 1 aliphatic rings. The lowest BCUT2D eigenvalue weighted by atomic mass is 10.1. The molecule has 0 aromatic heterocycles. The third-order valence-electron chi connectivity index (χ3n) is 3.54. The Labute approximate surface area is 125 Å². The molecule has 112 valence electrons. The van der Waals surface area contributed by atoms with Crippen molar-refractivity contribution < 1.29 is 14.6 Å². The minimum absolute atomic E-state index is 0.0264. The molecular formula is C17H21NO3. The number of hydrogen-bond donors (Lipinski definition) is 2. The number of nitrogens with one attached hydrogen (secondary N) is 1. The lowest BCUT2D eigenvalue weighted by Crippen LogP contribution is -2.29. The fourth-order valence-electron chi connectivity index (χ4n) is 2.39. The summed E-state index contributed by atoms with van der Waals surface area (Å²) in [5.41, 5.74) is 1.89. The van der Waals surface area contributed by atoms with Gasteiger partial charge in [0.25, 0.3) is 0 Å². The van der Waals surface area contributed by atoms with Crippen LogP contribution in [0.1, 0.15) is 43.4 Å². The predicted molar refractivity (Wildman–Crippen MR) is 80.6 cm³/mol. The fraction of sp³-hybridized carbons (Fsp3) is 0.471. The monoisotopic (exact) mass is 287 g/mol. The largest absolute Gasteiger partial charge is 0.384 e. The number of aliphatic hydroxyl groups excluding tert-OH is 1. The van der Waals surface area contributed by atoms with Gasteiger partial charge in [0.15, 0.2) is 0 Å². The maximum Gasteiger partial charge on any atom is 0.223 e. The zero-order chi connectivity index (χ0) is 15.1. The summed E-state index contributed by atoms with van der Waals surface area (Å²) >= 11 is 0. The lowest BCUT2D eigenvalue weighted by Gasteiger charge is -2.16. The van der Waals surface area contributed by atoms with Gasteiger partial charge < -0.3 is 15.2 Å². The summed E-state index contributed by atoms with van der Waals surface area (Å²) in [6.45, 7) is 2.59. The van der Waals surface area contributed by atoms with Gasteiger partial charge in [-0.05, 0) is 37.5 Å². The molecule has 0 radical (unpaired) electrons. The number of hydrogen-bond acceptors (Lipinski definition) is 3. The standard InChI is InChI=1S/C17H21NO3/c1-13(18-17(20)12-16-5-3-11-21-16)15-8-6-14(7-9-15)4-2-10-19/h6-9,13,16,19H,3,5,10-12H2,1H3,(H,18,20). The Morgan fingerprint density at radius 3 is 2.86 bits per heavy atom. The highest BCUT2D eigenvalue weighted by Gasteiger charge is 2.20. The third kappa shape index (κ3) is 4.89. The molecule has 1 aliphatic heterocycles. The first-order chi connectivity index (χ1) is 10.2. The van der Waals surface area contributed by atoms with Crippen LogP contribution in [0.4, 0.5) is 0 Å². The van der Waals surface area contributed by atoms with E-state index in [0.717, 1.165) is 30.6 Å². The fourth-order valence-corrected chi connectivity index (χ4v) is 2.39. The molecule has 0 spiro atoms. The van der Waals surface area contributed by atoms with Crippen LogP contribution in [0.25, 0.3) is 0 Å². The second-order valence-electron chi connectivity index (χ2n) is 5.21.